The number of rotatable bonds is 6. The van der Waals surface area contributed by atoms with Crippen LogP contribution in [0.5, 0.6) is 5.75 Å². The van der Waals surface area contributed by atoms with Crippen LogP contribution in [-0.2, 0) is 0 Å². The number of nitrogens with zero attached hydrogens (tertiary/aromatic N) is 2. The maximum Gasteiger partial charge on any atom is 0.193 e. The van der Waals surface area contributed by atoms with Gasteiger partial charge in [0.1, 0.15) is 5.75 Å². The van der Waals surface area contributed by atoms with Gasteiger partial charge in [-0.25, -0.2) is 0 Å². The van der Waals surface area contributed by atoms with E-state index in [4.69, 9.17) is 4.74 Å². The van der Waals surface area contributed by atoms with Crippen LogP contribution in [0.4, 0.5) is 0 Å². The Balaban J connectivity index is 1.30. The molecule has 1 saturated carbocycles. The third kappa shape index (κ3) is 4.22. The van der Waals surface area contributed by atoms with Gasteiger partial charge in [0.15, 0.2) is 5.96 Å². The highest BCUT2D eigenvalue weighted by Gasteiger charge is 2.43. The fourth-order valence-electron chi connectivity index (χ4n) is 3.78. The van der Waals surface area contributed by atoms with Crippen LogP contribution in [0.3, 0.4) is 0 Å². The van der Waals surface area contributed by atoms with Gasteiger partial charge in [0.25, 0.3) is 0 Å². The van der Waals surface area contributed by atoms with E-state index in [0.29, 0.717) is 5.41 Å². The summed E-state index contributed by atoms with van der Waals surface area (Å²) >= 11 is 0. The maximum atomic E-state index is 5.78. The average molecular weight is 329 g/mol. The van der Waals surface area contributed by atoms with E-state index >= 15 is 0 Å². The van der Waals surface area contributed by atoms with Crippen molar-refractivity contribution >= 4 is 5.96 Å². The molecule has 0 aromatic heterocycles. The molecule has 4 heteroatoms. The monoisotopic (exact) mass is 329 g/mol. The van der Waals surface area contributed by atoms with Crippen LogP contribution in [0, 0.1) is 12.3 Å². The van der Waals surface area contributed by atoms with Gasteiger partial charge in [-0.3, -0.25) is 4.99 Å². The van der Waals surface area contributed by atoms with Crippen molar-refractivity contribution in [3.05, 3.63) is 29.8 Å². The smallest absolute Gasteiger partial charge is 0.193 e. The minimum Gasteiger partial charge on any atom is -0.494 e. The number of unbranched alkanes of at least 4 members (excludes halogenated alkanes) is 1. The fraction of sp³-hybridized carbons (Fsp3) is 0.650. The van der Waals surface area contributed by atoms with Crippen LogP contribution in [0.2, 0.25) is 0 Å². The largest absolute Gasteiger partial charge is 0.494 e. The lowest BCUT2D eigenvalue weighted by Crippen LogP contribution is -2.42. The Kier molecular flexibility index (Phi) is 5.64. The van der Waals surface area contributed by atoms with E-state index in [2.05, 4.69) is 34.3 Å². The van der Waals surface area contributed by atoms with Crippen molar-refractivity contribution in [3.8, 4) is 5.75 Å². The molecule has 0 atom stereocenters. The molecule has 24 heavy (non-hydrogen) atoms. The number of ether oxygens (including phenoxy) is 1. The van der Waals surface area contributed by atoms with Crippen molar-refractivity contribution in [1.82, 2.24) is 10.2 Å². The first-order valence-corrected chi connectivity index (χ1v) is 9.36. The van der Waals surface area contributed by atoms with Gasteiger partial charge in [-0.2, -0.15) is 0 Å². The number of nitrogens with one attached hydrogen (secondary N) is 1. The molecule has 1 spiro atoms. The molecular weight excluding hydrogens is 298 g/mol. The van der Waals surface area contributed by atoms with Gasteiger partial charge in [0.05, 0.1) is 6.61 Å². The van der Waals surface area contributed by atoms with Gasteiger partial charge >= 0.3 is 0 Å². The zero-order chi connectivity index (χ0) is 16.8. The summed E-state index contributed by atoms with van der Waals surface area (Å²) in [6.45, 7) is 6.19. The molecule has 2 fully saturated rings. The molecule has 0 bridgehead atoms. The zero-order valence-electron chi connectivity index (χ0n) is 15.2. The van der Waals surface area contributed by atoms with E-state index < -0.39 is 0 Å². The van der Waals surface area contributed by atoms with Gasteiger partial charge in [0, 0.05) is 26.7 Å². The standard InChI is InChI=1S/C20H31N3O/c1-17-6-8-18(9-7-17)24-15-4-3-13-22-19(21-2)23-14-12-20(16-23)10-5-11-20/h6-9H,3-5,10-16H2,1-2H3,(H,21,22). The van der Waals surface area contributed by atoms with E-state index in [0.717, 1.165) is 44.2 Å². The Hall–Kier alpha value is -1.71. The lowest BCUT2D eigenvalue weighted by molar-refractivity contribution is 0.151. The molecule has 1 aliphatic heterocycles. The minimum absolute atomic E-state index is 0.625. The maximum absolute atomic E-state index is 5.78. The zero-order valence-corrected chi connectivity index (χ0v) is 15.2. The second kappa shape index (κ2) is 7.91. The number of aliphatic imine (C=N–C) groups is 1. The molecule has 2 aliphatic rings. The Bertz CT molecular complexity index is 549. The topological polar surface area (TPSA) is 36.9 Å². The summed E-state index contributed by atoms with van der Waals surface area (Å²) in [5.74, 6) is 2.05. The lowest BCUT2D eigenvalue weighted by Gasteiger charge is -2.38. The van der Waals surface area contributed by atoms with Gasteiger partial charge in [-0.1, -0.05) is 24.1 Å². The van der Waals surface area contributed by atoms with Crippen LogP contribution in [0.25, 0.3) is 0 Å². The lowest BCUT2D eigenvalue weighted by atomic mass is 9.68. The molecule has 3 rings (SSSR count). The molecule has 1 saturated heterocycles. The summed E-state index contributed by atoms with van der Waals surface area (Å²) < 4.78 is 5.78. The number of hydrogen-bond acceptors (Lipinski definition) is 2. The van der Waals surface area contributed by atoms with Crippen molar-refractivity contribution in [1.29, 1.82) is 0 Å². The normalized spacial score (nSPS) is 19.4. The van der Waals surface area contributed by atoms with E-state index in [9.17, 15) is 0 Å². The van der Waals surface area contributed by atoms with E-state index in [1.807, 2.05) is 19.2 Å². The quantitative estimate of drug-likeness (QED) is 0.492. The summed E-state index contributed by atoms with van der Waals surface area (Å²) in [5.41, 5.74) is 1.89. The van der Waals surface area contributed by atoms with Gasteiger partial charge in [-0.05, 0) is 56.6 Å². The van der Waals surface area contributed by atoms with Gasteiger partial charge in [0.2, 0.25) is 0 Å². The van der Waals surface area contributed by atoms with Crippen LogP contribution < -0.4 is 10.1 Å². The Labute approximate surface area is 146 Å². The fourth-order valence-corrected chi connectivity index (χ4v) is 3.78. The van der Waals surface area contributed by atoms with Crippen LogP contribution in [0.15, 0.2) is 29.3 Å². The van der Waals surface area contributed by atoms with E-state index in [-0.39, 0.29) is 0 Å². The molecular formula is C20H31N3O. The average Bonchev–Trinajstić information content (AvgIpc) is 3.02. The first-order valence-electron chi connectivity index (χ1n) is 9.36. The molecule has 0 unspecified atom stereocenters. The Morgan fingerprint density at radius 3 is 2.62 bits per heavy atom. The molecule has 4 nitrogen and oxygen atoms in total. The highest BCUT2D eigenvalue weighted by atomic mass is 16.5. The van der Waals surface area contributed by atoms with Crippen molar-refractivity contribution in [3.63, 3.8) is 0 Å². The molecule has 0 amide bonds. The number of guanidine groups is 1. The highest BCUT2D eigenvalue weighted by Crippen LogP contribution is 2.47. The summed E-state index contributed by atoms with van der Waals surface area (Å²) in [6.07, 6.45) is 7.75. The summed E-state index contributed by atoms with van der Waals surface area (Å²) in [5, 5.41) is 3.52. The summed E-state index contributed by atoms with van der Waals surface area (Å²) in [4.78, 5) is 6.91. The third-order valence-electron chi connectivity index (χ3n) is 5.51. The molecule has 1 heterocycles. The number of likely N-dealkylation sites (tertiary alicyclic amines) is 1. The van der Waals surface area contributed by atoms with E-state index in [1.54, 1.807) is 0 Å². The van der Waals surface area contributed by atoms with Crippen LogP contribution >= 0.6 is 0 Å². The first kappa shape index (κ1) is 17.1. The first-order chi connectivity index (χ1) is 11.7. The van der Waals surface area contributed by atoms with Gasteiger partial charge < -0.3 is 15.0 Å². The predicted molar refractivity (Wildman–Crippen MR) is 99.7 cm³/mol. The van der Waals surface area contributed by atoms with Crippen LogP contribution in [0.1, 0.15) is 44.1 Å². The number of benzene rings is 1. The predicted octanol–water partition coefficient (Wildman–Crippen LogP) is 3.61. The minimum atomic E-state index is 0.625. The summed E-state index contributed by atoms with van der Waals surface area (Å²) in [7, 11) is 1.90. The number of hydrogen-bond donors (Lipinski definition) is 1. The second-order valence-corrected chi connectivity index (χ2v) is 7.37. The third-order valence-corrected chi connectivity index (χ3v) is 5.51. The highest BCUT2D eigenvalue weighted by molar-refractivity contribution is 5.80. The molecule has 1 aliphatic carbocycles. The van der Waals surface area contributed by atoms with Crippen molar-refractivity contribution in [2.75, 3.05) is 33.3 Å². The SMILES string of the molecule is CN=C(NCCCCOc1ccc(C)cc1)N1CCC2(CCC2)C1. The van der Waals surface area contributed by atoms with Crippen molar-refractivity contribution in [2.24, 2.45) is 10.4 Å². The summed E-state index contributed by atoms with van der Waals surface area (Å²) in [6, 6.07) is 8.26. The Morgan fingerprint density at radius 2 is 2.00 bits per heavy atom. The molecule has 0 radical (unpaired) electrons. The van der Waals surface area contributed by atoms with Crippen molar-refractivity contribution < 1.29 is 4.74 Å². The molecule has 1 aromatic rings. The molecule has 1 aromatic carbocycles. The van der Waals surface area contributed by atoms with E-state index in [1.165, 1.54) is 37.8 Å². The molecule has 132 valence electrons. The second-order valence-electron chi connectivity index (χ2n) is 7.37. The van der Waals surface area contributed by atoms with Crippen molar-refractivity contribution in [2.45, 2.75) is 45.4 Å². The Morgan fingerprint density at radius 1 is 1.21 bits per heavy atom. The van der Waals surface area contributed by atoms with Gasteiger partial charge in [-0.15, -0.1) is 0 Å². The number of aryl methyl sites for hydroxylation is 1. The van der Waals surface area contributed by atoms with Crippen LogP contribution in [-0.4, -0.2) is 44.1 Å². The molecule has 1 N–H and O–H groups in total.